The number of hydrogen-bond donors (Lipinski definition) is 2. The SMILES string of the molecule is Cl.O[C@H](c1cccc(F)c1)[C@H]1CC[C@H](c2ccc(Cl)cc2)N1. The van der Waals surface area contributed by atoms with Gasteiger partial charge in [0.05, 0.1) is 6.10 Å². The van der Waals surface area contributed by atoms with Crippen LogP contribution in [0.15, 0.2) is 48.5 Å². The van der Waals surface area contributed by atoms with E-state index in [-0.39, 0.29) is 30.3 Å². The summed E-state index contributed by atoms with van der Waals surface area (Å²) in [7, 11) is 0. The molecule has 1 saturated heterocycles. The van der Waals surface area contributed by atoms with Crippen molar-refractivity contribution in [2.75, 3.05) is 0 Å². The fraction of sp³-hybridized carbons (Fsp3) is 0.294. The first-order chi connectivity index (χ1) is 10.1. The molecule has 0 amide bonds. The van der Waals surface area contributed by atoms with Crippen LogP contribution in [0, 0.1) is 5.82 Å². The van der Waals surface area contributed by atoms with Crippen molar-refractivity contribution in [2.45, 2.75) is 31.0 Å². The quantitative estimate of drug-likeness (QED) is 0.865. The molecule has 2 aromatic rings. The van der Waals surface area contributed by atoms with Crippen molar-refractivity contribution < 1.29 is 9.50 Å². The van der Waals surface area contributed by atoms with Crippen molar-refractivity contribution in [3.05, 3.63) is 70.5 Å². The second kappa shape index (κ2) is 7.42. The summed E-state index contributed by atoms with van der Waals surface area (Å²) in [6.45, 7) is 0. The van der Waals surface area contributed by atoms with E-state index in [1.165, 1.54) is 12.1 Å². The maximum atomic E-state index is 13.2. The summed E-state index contributed by atoms with van der Waals surface area (Å²) >= 11 is 5.90. The van der Waals surface area contributed by atoms with E-state index in [4.69, 9.17) is 11.6 Å². The predicted molar refractivity (Wildman–Crippen MR) is 89.0 cm³/mol. The molecule has 5 heteroatoms. The van der Waals surface area contributed by atoms with Crippen LogP contribution in [0.1, 0.15) is 36.1 Å². The van der Waals surface area contributed by atoms with E-state index in [1.54, 1.807) is 12.1 Å². The molecule has 0 radical (unpaired) electrons. The van der Waals surface area contributed by atoms with Crippen LogP contribution in [0.2, 0.25) is 5.02 Å². The minimum Gasteiger partial charge on any atom is -0.387 e. The average Bonchev–Trinajstić information content (AvgIpc) is 2.97. The lowest BCUT2D eigenvalue weighted by atomic mass is 10.0. The minimum atomic E-state index is -0.696. The molecular weight excluding hydrogens is 324 g/mol. The molecule has 0 bridgehead atoms. The predicted octanol–water partition coefficient (Wildman–Crippen LogP) is 4.43. The maximum absolute atomic E-state index is 13.2. The number of rotatable bonds is 3. The van der Waals surface area contributed by atoms with Crippen LogP contribution in [0.25, 0.3) is 0 Å². The van der Waals surface area contributed by atoms with Gasteiger partial charge < -0.3 is 10.4 Å². The number of aliphatic hydroxyl groups excluding tert-OH is 1. The Morgan fingerprint density at radius 2 is 1.86 bits per heavy atom. The third kappa shape index (κ3) is 3.79. The molecule has 0 unspecified atom stereocenters. The molecule has 0 aromatic heterocycles. The molecule has 1 fully saturated rings. The Balaban J connectivity index is 0.00000176. The zero-order valence-electron chi connectivity index (χ0n) is 11.9. The summed E-state index contributed by atoms with van der Waals surface area (Å²) in [5.41, 5.74) is 1.78. The molecule has 0 saturated carbocycles. The van der Waals surface area contributed by atoms with Gasteiger partial charge in [-0.05, 0) is 48.2 Å². The molecular formula is C17H18Cl2FNO. The van der Waals surface area contributed by atoms with Gasteiger partial charge in [-0.25, -0.2) is 4.39 Å². The first kappa shape index (κ1) is 17.2. The van der Waals surface area contributed by atoms with Crippen molar-refractivity contribution in [1.82, 2.24) is 5.32 Å². The summed E-state index contributed by atoms with van der Waals surface area (Å²) in [6.07, 6.45) is 1.10. The van der Waals surface area contributed by atoms with Gasteiger partial charge in [0.2, 0.25) is 0 Å². The van der Waals surface area contributed by atoms with Crippen LogP contribution < -0.4 is 5.32 Å². The number of hydrogen-bond acceptors (Lipinski definition) is 2. The molecule has 2 nitrogen and oxygen atoms in total. The van der Waals surface area contributed by atoms with E-state index >= 15 is 0 Å². The largest absolute Gasteiger partial charge is 0.387 e. The summed E-state index contributed by atoms with van der Waals surface area (Å²) in [4.78, 5) is 0. The highest BCUT2D eigenvalue weighted by Crippen LogP contribution is 2.32. The molecule has 22 heavy (non-hydrogen) atoms. The van der Waals surface area contributed by atoms with E-state index in [0.717, 1.165) is 18.4 Å². The topological polar surface area (TPSA) is 32.3 Å². The van der Waals surface area contributed by atoms with Gasteiger partial charge in [-0.15, -0.1) is 12.4 Å². The monoisotopic (exact) mass is 341 g/mol. The minimum absolute atomic E-state index is 0. The summed E-state index contributed by atoms with van der Waals surface area (Å²) in [5.74, 6) is -0.321. The van der Waals surface area contributed by atoms with Crippen LogP contribution in [0.4, 0.5) is 4.39 Å². The molecule has 1 heterocycles. The van der Waals surface area contributed by atoms with Crippen molar-refractivity contribution >= 4 is 24.0 Å². The molecule has 3 atom stereocenters. The standard InChI is InChI=1S/C17H17ClFNO.ClH/c18-13-6-4-11(5-7-13)15-8-9-16(20-15)17(21)12-2-1-3-14(19)10-12;/h1-7,10,15-17,20-21H,8-9H2;1H/t15-,16-,17-;/m1./s1. The highest BCUT2D eigenvalue weighted by atomic mass is 35.5. The number of aliphatic hydroxyl groups is 1. The summed E-state index contributed by atoms with van der Waals surface area (Å²) in [6, 6.07) is 14.0. The zero-order chi connectivity index (χ0) is 14.8. The highest BCUT2D eigenvalue weighted by molar-refractivity contribution is 6.30. The molecule has 3 rings (SSSR count). The van der Waals surface area contributed by atoms with Crippen molar-refractivity contribution in [3.63, 3.8) is 0 Å². The third-order valence-corrected chi connectivity index (χ3v) is 4.28. The molecule has 2 N–H and O–H groups in total. The van der Waals surface area contributed by atoms with Crippen LogP contribution in [-0.2, 0) is 0 Å². The Hall–Kier alpha value is -1.13. The van der Waals surface area contributed by atoms with Crippen LogP contribution in [0.5, 0.6) is 0 Å². The Morgan fingerprint density at radius 1 is 1.14 bits per heavy atom. The van der Waals surface area contributed by atoms with Gasteiger partial charge in [0.25, 0.3) is 0 Å². The van der Waals surface area contributed by atoms with Gasteiger partial charge >= 0.3 is 0 Å². The Morgan fingerprint density at radius 3 is 2.55 bits per heavy atom. The molecule has 1 aliphatic heterocycles. The Kier molecular flexibility index (Phi) is 5.81. The van der Waals surface area contributed by atoms with E-state index in [9.17, 15) is 9.50 Å². The Bertz CT molecular complexity index is 620. The first-order valence-corrected chi connectivity index (χ1v) is 7.46. The lowest BCUT2D eigenvalue weighted by Gasteiger charge is -2.20. The maximum Gasteiger partial charge on any atom is 0.123 e. The molecule has 2 aromatic carbocycles. The second-order valence-corrected chi connectivity index (χ2v) is 5.89. The van der Waals surface area contributed by atoms with Crippen LogP contribution in [-0.4, -0.2) is 11.1 Å². The Labute approximate surface area is 140 Å². The van der Waals surface area contributed by atoms with Gasteiger partial charge in [-0.1, -0.05) is 35.9 Å². The van der Waals surface area contributed by atoms with Gasteiger partial charge in [0, 0.05) is 17.1 Å². The van der Waals surface area contributed by atoms with Crippen molar-refractivity contribution in [1.29, 1.82) is 0 Å². The van der Waals surface area contributed by atoms with E-state index in [0.29, 0.717) is 10.6 Å². The first-order valence-electron chi connectivity index (χ1n) is 7.08. The van der Waals surface area contributed by atoms with Crippen molar-refractivity contribution in [2.24, 2.45) is 0 Å². The fourth-order valence-electron chi connectivity index (χ4n) is 2.90. The highest BCUT2D eigenvalue weighted by Gasteiger charge is 2.30. The number of nitrogens with one attached hydrogen (secondary N) is 1. The van der Waals surface area contributed by atoms with E-state index in [2.05, 4.69) is 5.32 Å². The second-order valence-electron chi connectivity index (χ2n) is 5.45. The lowest BCUT2D eigenvalue weighted by Crippen LogP contribution is -2.30. The molecule has 118 valence electrons. The summed E-state index contributed by atoms with van der Waals surface area (Å²) in [5, 5.41) is 14.5. The van der Waals surface area contributed by atoms with E-state index < -0.39 is 6.10 Å². The van der Waals surface area contributed by atoms with Gasteiger partial charge in [-0.3, -0.25) is 0 Å². The lowest BCUT2D eigenvalue weighted by molar-refractivity contribution is 0.135. The molecule has 0 spiro atoms. The van der Waals surface area contributed by atoms with Crippen LogP contribution >= 0.6 is 24.0 Å². The molecule has 0 aliphatic carbocycles. The van der Waals surface area contributed by atoms with Crippen LogP contribution in [0.3, 0.4) is 0 Å². The van der Waals surface area contributed by atoms with Gasteiger partial charge in [0.15, 0.2) is 0 Å². The summed E-state index contributed by atoms with van der Waals surface area (Å²) < 4.78 is 13.2. The zero-order valence-corrected chi connectivity index (χ0v) is 13.4. The van der Waals surface area contributed by atoms with Crippen molar-refractivity contribution in [3.8, 4) is 0 Å². The third-order valence-electron chi connectivity index (χ3n) is 4.03. The smallest absolute Gasteiger partial charge is 0.123 e. The number of halogens is 3. The normalized spacial score (nSPS) is 22.1. The van der Waals surface area contributed by atoms with E-state index in [1.807, 2.05) is 24.3 Å². The molecule has 1 aliphatic rings. The number of benzene rings is 2. The fourth-order valence-corrected chi connectivity index (χ4v) is 3.03. The van der Waals surface area contributed by atoms with Gasteiger partial charge in [0.1, 0.15) is 5.82 Å². The average molecular weight is 342 g/mol. The van der Waals surface area contributed by atoms with Gasteiger partial charge in [-0.2, -0.15) is 0 Å².